The van der Waals surface area contributed by atoms with Crippen molar-refractivity contribution in [2.45, 2.75) is 57.0 Å². The summed E-state index contributed by atoms with van der Waals surface area (Å²) in [6, 6.07) is 2.84. The Labute approximate surface area is 199 Å². The number of nitrogens with two attached hydrogens (primary N) is 1. The van der Waals surface area contributed by atoms with Gasteiger partial charge in [-0.1, -0.05) is 6.07 Å². The number of nitrogens with one attached hydrogen (secondary N) is 2. The predicted octanol–water partition coefficient (Wildman–Crippen LogP) is 3.95. The number of carbonyl (C=O) groups is 1. The van der Waals surface area contributed by atoms with Crippen LogP contribution in [0.5, 0.6) is 0 Å². The third-order valence-electron chi connectivity index (χ3n) is 6.66. The van der Waals surface area contributed by atoms with Crippen LogP contribution in [0, 0.1) is 17.6 Å². The van der Waals surface area contributed by atoms with Gasteiger partial charge in [0.1, 0.15) is 22.8 Å². The van der Waals surface area contributed by atoms with Crippen molar-refractivity contribution >= 4 is 34.7 Å². The first kappa shape index (κ1) is 23.3. The van der Waals surface area contributed by atoms with Crippen LogP contribution >= 0.6 is 0 Å². The lowest BCUT2D eigenvalue weighted by Crippen LogP contribution is -2.37. The highest BCUT2D eigenvalue weighted by atomic mass is 19.1. The van der Waals surface area contributed by atoms with E-state index in [0.717, 1.165) is 12.1 Å². The van der Waals surface area contributed by atoms with E-state index >= 15 is 0 Å². The molecule has 2 aromatic heterocycles. The fraction of sp³-hybridized carbons (Fsp3) is 0.478. The van der Waals surface area contributed by atoms with Crippen LogP contribution in [0.15, 0.2) is 24.4 Å². The lowest BCUT2D eigenvalue weighted by Gasteiger charge is -2.29. The molecule has 1 aliphatic carbocycles. The number of rotatable bonds is 6. The Hall–Kier alpha value is -3.41. The van der Waals surface area contributed by atoms with Crippen molar-refractivity contribution in [2.24, 2.45) is 11.7 Å². The number of nitrogens with zero attached hydrogens (tertiary/aromatic N) is 4. The van der Waals surface area contributed by atoms with Crippen molar-refractivity contribution in [3.63, 3.8) is 0 Å². The number of carbonyl (C=O) groups excluding carboxylic acids is 1. The van der Waals surface area contributed by atoms with Gasteiger partial charge >= 0.3 is 0 Å². The molecule has 12 heteroatoms. The van der Waals surface area contributed by atoms with Gasteiger partial charge in [-0.15, -0.1) is 0 Å². The fourth-order valence-electron chi connectivity index (χ4n) is 4.79. The number of anilines is 3. The maximum atomic E-state index is 14.4. The lowest BCUT2D eigenvalue weighted by atomic mass is 9.85. The van der Waals surface area contributed by atoms with Crippen LogP contribution in [0.2, 0.25) is 0 Å². The Balaban J connectivity index is 1.52. The maximum absolute atomic E-state index is 14.4. The molecule has 5 rings (SSSR count). The number of hydrogen-bond donors (Lipinski definition) is 3. The van der Waals surface area contributed by atoms with Crippen LogP contribution in [0.25, 0.3) is 11.2 Å². The summed E-state index contributed by atoms with van der Waals surface area (Å²) in [5.74, 6) is -1.69. The van der Waals surface area contributed by atoms with Gasteiger partial charge in [-0.25, -0.2) is 23.1 Å². The quantitative estimate of drug-likeness (QED) is 0.480. The average Bonchev–Trinajstić information content (AvgIpc) is 3.20. The van der Waals surface area contributed by atoms with Gasteiger partial charge < -0.3 is 21.1 Å². The molecule has 1 saturated heterocycles. The molecule has 0 spiro atoms. The number of primary amides is 1. The van der Waals surface area contributed by atoms with Crippen molar-refractivity contribution in [3.8, 4) is 0 Å². The molecule has 1 aromatic carbocycles. The number of para-hydroxylation sites is 1. The molecule has 3 heterocycles. The van der Waals surface area contributed by atoms with Gasteiger partial charge in [0.25, 0.3) is 0 Å². The minimum absolute atomic E-state index is 0.150. The van der Waals surface area contributed by atoms with Gasteiger partial charge in [-0.05, 0) is 50.7 Å². The minimum Gasteiger partial charge on any atom is -0.369 e. The van der Waals surface area contributed by atoms with E-state index in [4.69, 9.17) is 10.5 Å². The Bertz CT molecular complexity index is 1210. The molecule has 1 amide bonds. The first-order valence-corrected chi connectivity index (χ1v) is 11.7. The summed E-state index contributed by atoms with van der Waals surface area (Å²) < 4.78 is 49.8. The lowest BCUT2D eigenvalue weighted by molar-refractivity contribution is -0.122. The molecule has 35 heavy (non-hydrogen) atoms. The summed E-state index contributed by atoms with van der Waals surface area (Å²) in [7, 11) is 0. The number of alkyl halides is 1. The Morgan fingerprint density at radius 3 is 2.54 bits per heavy atom. The van der Waals surface area contributed by atoms with Gasteiger partial charge in [-0.2, -0.15) is 4.98 Å². The van der Waals surface area contributed by atoms with E-state index in [-0.39, 0.29) is 35.5 Å². The summed E-state index contributed by atoms with van der Waals surface area (Å²) in [6.45, 7) is 0.363. The number of hydrogen-bond acceptors (Lipinski definition) is 7. The minimum atomic E-state index is -1.47. The Kier molecular flexibility index (Phi) is 6.46. The van der Waals surface area contributed by atoms with Gasteiger partial charge in [0.15, 0.2) is 5.65 Å². The van der Waals surface area contributed by atoms with Crippen molar-refractivity contribution in [2.75, 3.05) is 17.2 Å². The van der Waals surface area contributed by atoms with Crippen LogP contribution < -0.4 is 16.4 Å². The normalized spacial score (nSPS) is 24.9. The number of fused-ring (bicyclic) bond motifs is 1. The third-order valence-corrected chi connectivity index (χ3v) is 6.66. The van der Waals surface area contributed by atoms with Crippen LogP contribution in [-0.2, 0) is 9.53 Å². The molecule has 2 fully saturated rings. The number of aromatic nitrogens is 4. The van der Waals surface area contributed by atoms with Crippen LogP contribution in [-0.4, -0.2) is 44.4 Å². The molecule has 0 bridgehead atoms. The molecular weight excluding hydrogens is 463 g/mol. The predicted molar refractivity (Wildman–Crippen MR) is 123 cm³/mol. The summed E-state index contributed by atoms with van der Waals surface area (Å²) >= 11 is 0. The van der Waals surface area contributed by atoms with Gasteiger partial charge in [0, 0.05) is 12.0 Å². The monoisotopic (exact) mass is 489 g/mol. The van der Waals surface area contributed by atoms with Crippen molar-refractivity contribution in [1.29, 1.82) is 0 Å². The molecule has 2 atom stereocenters. The van der Waals surface area contributed by atoms with E-state index in [9.17, 15) is 18.0 Å². The molecule has 9 nitrogen and oxygen atoms in total. The first-order valence-electron chi connectivity index (χ1n) is 11.7. The second-order valence-electron chi connectivity index (χ2n) is 8.95. The van der Waals surface area contributed by atoms with E-state index in [1.165, 1.54) is 12.3 Å². The standard InChI is InChI=1S/C23H26F3N7O2/c24-14-3-1-4-15(25)18(14)31-23-30-17-11-28-22(29-16-5-2-10-35-19(16)26)32-21(17)33(23)13-8-6-12(7-9-13)20(27)34/h1,3-4,11-13,16,19H,2,5-10H2,(H2,27,34)(H,30,31)(H,28,29,32)/t12?,13?,16-,19-/m0/s1. The van der Waals surface area contributed by atoms with Crippen LogP contribution in [0.4, 0.5) is 30.8 Å². The van der Waals surface area contributed by atoms with E-state index in [0.29, 0.717) is 56.3 Å². The Morgan fingerprint density at radius 1 is 1.11 bits per heavy atom. The van der Waals surface area contributed by atoms with Gasteiger partial charge in [0.2, 0.25) is 24.2 Å². The summed E-state index contributed by atoms with van der Waals surface area (Å²) in [5.41, 5.74) is 5.98. The summed E-state index contributed by atoms with van der Waals surface area (Å²) in [6.07, 6.45) is 3.64. The van der Waals surface area contributed by atoms with E-state index in [2.05, 4.69) is 25.6 Å². The SMILES string of the molecule is NC(=O)C1CCC(n2c(Nc3c(F)cccc3F)nc3cnc(N[C@H]4CCCO[C@@H]4F)nc32)CC1. The van der Waals surface area contributed by atoms with E-state index in [1.807, 2.05) is 0 Å². The second kappa shape index (κ2) is 9.68. The number of ether oxygens (including phenoxy) is 1. The topological polar surface area (TPSA) is 120 Å². The van der Waals surface area contributed by atoms with Gasteiger partial charge in [-0.3, -0.25) is 9.36 Å². The van der Waals surface area contributed by atoms with Gasteiger partial charge in [0.05, 0.1) is 18.8 Å². The molecule has 4 N–H and O–H groups in total. The molecule has 1 aliphatic heterocycles. The number of halogens is 3. The number of benzene rings is 1. The van der Waals surface area contributed by atoms with Crippen LogP contribution in [0.3, 0.4) is 0 Å². The van der Waals surface area contributed by atoms with Crippen LogP contribution in [0.1, 0.15) is 44.6 Å². The van der Waals surface area contributed by atoms with E-state index < -0.39 is 24.0 Å². The molecular formula is C23H26F3N7O2. The highest BCUT2D eigenvalue weighted by molar-refractivity contribution is 5.78. The molecule has 0 unspecified atom stereocenters. The second-order valence-corrected chi connectivity index (χ2v) is 8.95. The molecule has 0 radical (unpaired) electrons. The smallest absolute Gasteiger partial charge is 0.225 e. The number of amides is 1. The highest BCUT2D eigenvalue weighted by Crippen LogP contribution is 2.37. The third kappa shape index (κ3) is 4.75. The number of imidazole rings is 1. The fourth-order valence-corrected chi connectivity index (χ4v) is 4.79. The molecule has 1 saturated carbocycles. The zero-order valence-electron chi connectivity index (χ0n) is 18.9. The summed E-state index contributed by atoms with van der Waals surface area (Å²) in [4.78, 5) is 25.0. The maximum Gasteiger partial charge on any atom is 0.225 e. The largest absolute Gasteiger partial charge is 0.369 e. The van der Waals surface area contributed by atoms with Crippen molar-refractivity contribution < 1.29 is 22.7 Å². The molecule has 3 aromatic rings. The molecule has 2 aliphatic rings. The van der Waals surface area contributed by atoms with Crippen molar-refractivity contribution in [1.82, 2.24) is 19.5 Å². The average molecular weight is 490 g/mol. The molecule has 186 valence electrons. The first-order chi connectivity index (χ1) is 16.9. The zero-order valence-corrected chi connectivity index (χ0v) is 18.9. The van der Waals surface area contributed by atoms with Crippen molar-refractivity contribution in [3.05, 3.63) is 36.0 Å². The highest BCUT2D eigenvalue weighted by Gasteiger charge is 2.30. The van der Waals surface area contributed by atoms with E-state index in [1.54, 1.807) is 4.57 Å². The zero-order chi connectivity index (χ0) is 24.5. The summed E-state index contributed by atoms with van der Waals surface area (Å²) in [5, 5.41) is 5.77. The Morgan fingerprint density at radius 2 is 1.86 bits per heavy atom.